The first-order valence-corrected chi connectivity index (χ1v) is 7.39. The summed E-state index contributed by atoms with van der Waals surface area (Å²) in [5.41, 5.74) is 1.85. The normalized spacial score (nSPS) is 12.0. The fourth-order valence-electron chi connectivity index (χ4n) is 2.28. The van der Waals surface area contributed by atoms with E-state index >= 15 is 0 Å². The Labute approximate surface area is 136 Å². The van der Waals surface area contributed by atoms with E-state index in [0.717, 1.165) is 22.6 Å². The Morgan fingerprint density at radius 3 is 2.61 bits per heavy atom. The number of rotatable bonds is 6. The number of carbonyl (C=O) groups excluding carboxylic acids is 1. The van der Waals surface area contributed by atoms with E-state index in [0.29, 0.717) is 0 Å². The Bertz CT molecular complexity index is 695. The van der Waals surface area contributed by atoms with E-state index in [-0.39, 0.29) is 11.9 Å². The molecule has 1 N–H and O–H groups in total. The molecule has 0 radical (unpaired) electrons. The monoisotopic (exact) mass is 311 g/mol. The van der Waals surface area contributed by atoms with Gasteiger partial charge in [0.2, 0.25) is 5.91 Å². The SMILES string of the molecule is COc1cccc(/C=C/C(=O)NC(C)c2ccccc2OC)c1. The van der Waals surface area contributed by atoms with Gasteiger partial charge in [0.05, 0.1) is 20.3 Å². The molecule has 4 nitrogen and oxygen atoms in total. The van der Waals surface area contributed by atoms with Gasteiger partial charge in [-0.05, 0) is 36.8 Å². The summed E-state index contributed by atoms with van der Waals surface area (Å²) < 4.78 is 10.5. The maximum absolute atomic E-state index is 12.1. The average molecular weight is 311 g/mol. The van der Waals surface area contributed by atoms with Gasteiger partial charge in [-0.1, -0.05) is 30.3 Å². The van der Waals surface area contributed by atoms with Gasteiger partial charge in [-0.2, -0.15) is 0 Å². The summed E-state index contributed by atoms with van der Waals surface area (Å²) in [5.74, 6) is 1.36. The minimum Gasteiger partial charge on any atom is -0.497 e. The van der Waals surface area contributed by atoms with E-state index in [2.05, 4.69) is 5.32 Å². The van der Waals surface area contributed by atoms with Crippen LogP contribution in [0.5, 0.6) is 11.5 Å². The zero-order valence-corrected chi connectivity index (χ0v) is 13.6. The molecule has 120 valence electrons. The summed E-state index contributed by atoms with van der Waals surface area (Å²) in [6.07, 6.45) is 3.27. The first-order valence-electron chi connectivity index (χ1n) is 7.39. The highest BCUT2D eigenvalue weighted by atomic mass is 16.5. The van der Waals surface area contributed by atoms with E-state index in [1.807, 2.05) is 55.5 Å². The maximum atomic E-state index is 12.1. The van der Waals surface area contributed by atoms with E-state index in [4.69, 9.17) is 9.47 Å². The lowest BCUT2D eigenvalue weighted by molar-refractivity contribution is -0.117. The zero-order chi connectivity index (χ0) is 16.7. The summed E-state index contributed by atoms with van der Waals surface area (Å²) in [6, 6.07) is 15.0. The van der Waals surface area contributed by atoms with Gasteiger partial charge in [0.15, 0.2) is 0 Å². The van der Waals surface area contributed by atoms with Crippen LogP contribution < -0.4 is 14.8 Å². The molecule has 2 aromatic rings. The van der Waals surface area contributed by atoms with Crippen molar-refractivity contribution in [2.24, 2.45) is 0 Å². The molecule has 1 atom stereocenters. The summed E-state index contributed by atoms with van der Waals surface area (Å²) in [6.45, 7) is 1.93. The van der Waals surface area contributed by atoms with Crippen LogP contribution in [0.4, 0.5) is 0 Å². The summed E-state index contributed by atoms with van der Waals surface area (Å²) >= 11 is 0. The van der Waals surface area contributed by atoms with Gasteiger partial charge in [-0.15, -0.1) is 0 Å². The van der Waals surface area contributed by atoms with Crippen molar-refractivity contribution in [2.75, 3.05) is 14.2 Å². The van der Waals surface area contributed by atoms with Crippen LogP contribution in [0.1, 0.15) is 24.1 Å². The summed E-state index contributed by atoms with van der Waals surface area (Å²) in [7, 11) is 3.24. The van der Waals surface area contributed by atoms with Gasteiger partial charge in [0, 0.05) is 11.6 Å². The standard InChI is InChI=1S/C19H21NO3/c1-14(17-9-4-5-10-18(17)23-3)20-19(21)12-11-15-7-6-8-16(13-15)22-2/h4-14H,1-3H3,(H,20,21)/b12-11+. The van der Waals surface area contributed by atoms with Crippen molar-refractivity contribution >= 4 is 12.0 Å². The van der Waals surface area contributed by atoms with Crippen LogP contribution >= 0.6 is 0 Å². The third-order valence-corrected chi connectivity index (χ3v) is 3.49. The van der Waals surface area contributed by atoms with Crippen molar-refractivity contribution in [2.45, 2.75) is 13.0 Å². The first-order chi connectivity index (χ1) is 11.1. The average Bonchev–Trinajstić information content (AvgIpc) is 2.60. The van der Waals surface area contributed by atoms with Crippen molar-refractivity contribution in [3.8, 4) is 11.5 Å². The molecule has 0 saturated heterocycles. The zero-order valence-electron chi connectivity index (χ0n) is 13.6. The number of carbonyl (C=O) groups is 1. The molecule has 1 amide bonds. The minimum atomic E-state index is -0.161. The van der Waals surface area contributed by atoms with Gasteiger partial charge in [-0.3, -0.25) is 4.79 Å². The summed E-state index contributed by atoms with van der Waals surface area (Å²) in [5, 5.41) is 2.93. The van der Waals surface area contributed by atoms with Crippen LogP contribution in [-0.2, 0) is 4.79 Å². The Kier molecular flexibility index (Phi) is 5.80. The van der Waals surface area contributed by atoms with Crippen LogP contribution in [0.3, 0.4) is 0 Å². The Hall–Kier alpha value is -2.75. The van der Waals surface area contributed by atoms with Gasteiger partial charge >= 0.3 is 0 Å². The molecule has 0 aliphatic carbocycles. The predicted octanol–water partition coefficient (Wildman–Crippen LogP) is 3.59. The van der Waals surface area contributed by atoms with Gasteiger partial charge in [-0.25, -0.2) is 0 Å². The number of para-hydroxylation sites is 1. The number of benzene rings is 2. The molecule has 0 saturated carbocycles. The number of methoxy groups -OCH3 is 2. The minimum absolute atomic E-state index is 0.145. The van der Waals surface area contributed by atoms with E-state index < -0.39 is 0 Å². The fraction of sp³-hybridized carbons (Fsp3) is 0.211. The molecule has 2 aromatic carbocycles. The largest absolute Gasteiger partial charge is 0.497 e. The smallest absolute Gasteiger partial charge is 0.244 e. The molecule has 0 aliphatic rings. The molecule has 23 heavy (non-hydrogen) atoms. The number of hydrogen-bond acceptors (Lipinski definition) is 3. The lowest BCUT2D eigenvalue weighted by atomic mass is 10.1. The number of hydrogen-bond donors (Lipinski definition) is 1. The van der Waals surface area contributed by atoms with E-state index in [1.165, 1.54) is 6.08 Å². The number of nitrogens with one attached hydrogen (secondary N) is 1. The second-order valence-electron chi connectivity index (χ2n) is 5.08. The number of amides is 1. The molecular weight excluding hydrogens is 290 g/mol. The molecule has 4 heteroatoms. The third kappa shape index (κ3) is 4.61. The molecule has 0 heterocycles. The topological polar surface area (TPSA) is 47.6 Å². The molecule has 2 rings (SSSR count). The van der Waals surface area contributed by atoms with E-state index in [1.54, 1.807) is 20.3 Å². The highest BCUT2D eigenvalue weighted by Gasteiger charge is 2.11. The van der Waals surface area contributed by atoms with Gasteiger partial charge < -0.3 is 14.8 Å². The molecule has 0 fully saturated rings. The Morgan fingerprint density at radius 1 is 1.09 bits per heavy atom. The second-order valence-corrected chi connectivity index (χ2v) is 5.08. The Balaban J connectivity index is 2.02. The Morgan fingerprint density at radius 2 is 1.87 bits per heavy atom. The van der Waals surface area contributed by atoms with Gasteiger partial charge in [0.25, 0.3) is 0 Å². The van der Waals surface area contributed by atoms with Crippen LogP contribution in [-0.4, -0.2) is 20.1 Å². The lowest BCUT2D eigenvalue weighted by Gasteiger charge is -2.16. The van der Waals surface area contributed by atoms with Crippen LogP contribution in [0, 0.1) is 0 Å². The van der Waals surface area contributed by atoms with Crippen LogP contribution in [0.2, 0.25) is 0 Å². The van der Waals surface area contributed by atoms with Gasteiger partial charge in [0.1, 0.15) is 11.5 Å². The van der Waals surface area contributed by atoms with Crippen molar-refractivity contribution in [1.29, 1.82) is 0 Å². The maximum Gasteiger partial charge on any atom is 0.244 e. The van der Waals surface area contributed by atoms with Crippen LogP contribution in [0.15, 0.2) is 54.6 Å². The highest BCUT2D eigenvalue weighted by Crippen LogP contribution is 2.24. The predicted molar refractivity (Wildman–Crippen MR) is 91.6 cm³/mol. The first kappa shape index (κ1) is 16.6. The van der Waals surface area contributed by atoms with Crippen molar-refractivity contribution < 1.29 is 14.3 Å². The van der Waals surface area contributed by atoms with Crippen molar-refractivity contribution in [3.05, 3.63) is 65.7 Å². The number of ether oxygens (including phenoxy) is 2. The summed E-state index contributed by atoms with van der Waals surface area (Å²) in [4.78, 5) is 12.1. The quantitative estimate of drug-likeness (QED) is 0.829. The lowest BCUT2D eigenvalue weighted by Crippen LogP contribution is -2.24. The molecular formula is C19H21NO3. The van der Waals surface area contributed by atoms with E-state index in [9.17, 15) is 4.79 Å². The highest BCUT2D eigenvalue weighted by molar-refractivity contribution is 5.92. The fourth-order valence-corrected chi connectivity index (χ4v) is 2.28. The molecule has 0 bridgehead atoms. The van der Waals surface area contributed by atoms with Crippen molar-refractivity contribution in [1.82, 2.24) is 5.32 Å². The molecule has 0 spiro atoms. The van der Waals surface area contributed by atoms with Crippen LogP contribution in [0.25, 0.3) is 6.08 Å². The molecule has 0 aromatic heterocycles. The third-order valence-electron chi connectivity index (χ3n) is 3.49. The molecule has 1 unspecified atom stereocenters. The molecule has 0 aliphatic heterocycles. The second kappa shape index (κ2) is 8.03. The van der Waals surface area contributed by atoms with Crippen molar-refractivity contribution in [3.63, 3.8) is 0 Å².